The van der Waals surface area contributed by atoms with E-state index < -0.39 is 10.0 Å². The summed E-state index contributed by atoms with van der Waals surface area (Å²) in [4.78, 5) is 0. The molecule has 5 heteroatoms. The van der Waals surface area contributed by atoms with Gasteiger partial charge in [0.1, 0.15) is 0 Å². The maximum atomic E-state index is 11.5. The zero-order valence-electron chi connectivity index (χ0n) is 14.1. The molecule has 0 heterocycles. The van der Waals surface area contributed by atoms with Crippen LogP contribution in [0.25, 0.3) is 0 Å². The van der Waals surface area contributed by atoms with Gasteiger partial charge in [-0.1, -0.05) is 39.5 Å². The van der Waals surface area contributed by atoms with Crippen LogP contribution in [0.3, 0.4) is 0 Å². The highest BCUT2D eigenvalue weighted by atomic mass is 32.2. The molecule has 0 radical (unpaired) electrons. The van der Waals surface area contributed by atoms with Gasteiger partial charge in [0.2, 0.25) is 10.0 Å². The number of hydrogen-bond donors (Lipinski definition) is 1. The summed E-state index contributed by atoms with van der Waals surface area (Å²) in [6.07, 6.45) is 11.5. The highest BCUT2D eigenvalue weighted by molar-refractivity contribution is 7.88. The van der Waals surface area contributed by atoms with Gasteiger partial charge >= 0.3 is 0 Å². The predicted molar refractivity (Wildman–Crippen MR) is 90.0 cm³/mol. The van der Waals surface area contributed by atoms with Crippen LogP contribution >= 0.6 is 0 Å². The first-order valence-corrected chi connectivity index (χ1v) is 10.5. The quantitative estimate of drug-likeness (QED) is 0.525. The largest absolute Gasteiger partial charge is 0.314 e. The minimum atomic E-state index is -3.03. The van der Waals surface area contributed by atoms with Gasteiger partial charge in [-0.25, -0.2) is 12.7 Å². The van der Waals surface area contributed by atoms with Gasteiger partial charge in [0.15, 0.2) is 0 Å². The lowest BCUT2D eigenvalue weighted by Gasteiger charge is -2.20. The van der Waals surface area contributed by atoms with Gasteiger partial charge in [-0.2, -0.15) is 0 Å². The molecule has 2 unspecified atom stereocenters. The average molecular weight is 319 g/mol. The average Bonchev–Trinajstić information content (AvgIpc) is 2.63. The zero-order chi connectivity index (χ0) is 15.7. The van der Waals surface area contributed by atoms with Crippen LogP contribution in [0, 0.1) is 5.92 Å². The fraction of sp³-hybridized carbons (Fsp3) is 1.00. The van der Waals surface area contributed by atoms with E-state index in [1.807, 2.05) is 6.92 Å². The van der Waals surface area contributed by atoms with Crippen molar-refractivity contribution in [3.63, 3.8) is 0 Å². The summed E-state index contributed by atoms with van der Waals surface area (Å²) < 4.78 is 24.6. The van der Waals surface area contributed by atoms with Crippen molar-refractivity contribution in [3.05, 3.63) is 0 Å². The third-order valence-electron chi connectivity index (χ3n) is 4.62. The van der Waals surface area contributed by atoms with Crippen molar-refractivity contribution in [2.45, 2.75) is 71.3 Å². The standard InChI is InChI=1S/C16H34N2O2S/c1-4-8-15-9-6-10-16(12-11-15)17-13-7-14-18(5-2)21(3,19)20/h15-17H,4-14H2,1-3H3. The van der Waals surface area contributed by atoms with E-state index in [0.717, 1.165) is 18.9 Å². The van der Waals surface area contributed by atoms with Crippen molar-refractivity contribution >= 4 is 10.0 Å². The summed E-state index contributed by atoms with van der Waals surface area (Å²) in [7, 11) is -3.03. The SMILES string of the molecule is CCCC1CCCC(NCCCN(CC)S(C)(=O)=O)CC1. The summed E-state index contributed by atoms with van der Waals surface area (Å²) in [5.41, 5.74) is 0. The molecule has 1 saturated carbocycles. The van der Waals surface area contributed by atoms with E-state index in [4.69, 9.17) is 0 Å². The molecule has 0 aromatic heterocycles. The van der Waals surface area contributed by atoms with Crippen molar-refractivity contribution in [3.8, 4) is 0 Å². The van der Waals surface area contributed by atoms with Crippen molar-refractivity contribution in [1.82, 2.24) is 9.62 Å². The minimum absolute atomic E-state index is 0.570. The van der Waals surface area contributed by atoms with Crippen LogP contribution in [0.1, 0.15) is 65.2 Å². The van der Waals surface area contributed by atoms with Crippen molar-refractivity contribution in [2.24, 2.45) is 5.92 Å². The van der Waals surface area contributed by atoms with Gasteiger partial charge in [-0.05, 0) is 38.1 Å². The first kappa shape index (κ1) is 18.9. The van der Waals surface area contributed by atoms with Crippen LogP contribution in [-0.2, 0) is 10.0 Å². The number of hydrogen-bond acceptors (Lipinski definition) is 3. The second-order valence-corrected chi connectivity index (χ2v) is 8.40. The normalized spacial score (nSPS) is 24.2. The van der Waals surface area contributed by atoms with Crippen LogP contribution in [-0.4, -0.2) is 44.7 Å². The Morgan fingerprint density at radius 1 is 1.14 bits per heavy atom. The van der Waals surface area contributed by atoms with Gasteiger partial charge in [0.05, 0.1) is 6.26 Å². The Kier molecular flexibility index (Phi) is 8.83. The first-order chi connectivity index (χ1) is 9.97. The summed E-state index contributed by atoms with van der Waals surface area (Å²) in [5, 5.41) is 3.63. The molecule has 0 spiro atoms. The topological polar surface area (TPSA) is 49.4 Å². The number of nitrogens with one attached hydrogen (secondary N) is 1. The van der Waals surface area contributed by atoms with E-state index in [9.17, 15) is 8.42 Å². The molecule has 0 saturated heterocycles. The van der Waals surface area contributed by atoms with Crippen LogP contribution in [0.15, 0.2) is 0 Å². The lowest BCUT2D eigenvalue weighted by Crippen LogP contribution is -2.34. The molecule has 0 bridgehead atoms. The number of sulfonamides is 1. The number of nitrogens with zero attached hydrogens (tertiary/aromatic N) is 1. The Hall–Kier alpha value is -0.130. The molecular weight excluding hydrogens is 284 g/mol. The van der Waals surface area contributed by atoms with Crippen molar-refractivity contribution in [1.29, 1.82) is 0 Å². The fourth-order valence-electron chi connectivity index (χ4n) is 3.40. The van der Waals surface area contributed by atoms with Crippen LogP contribution in [0.5, 0.6) is 0 Å². The highest BCUT2D eigenvalue weighted by Crippen LogP contribution is 2.26. The smallest absolute Gasteiger partial charge is 0.211 e. The second kappa shape index (κ2) is 9.80. The Morgan fingerprint density at radius 3 is 2.52 bits per heavy atom. The van der Waals surface area contributed by atoms with Gasteiger partial charge < -0.3 is 5.32 Å². The number of rotatable bonds is 9. The van der Waals surface area contributed by atoms with Gasteiger partial charge in [0.25, 0.3) is 0 Å². The molecule has 1 N–H and O–H groups in total. The lowest BCUT2D eigenvalue weighted by atomic mass is 9.95. The van der Waals surface area contributed by atoms with E-state index in [0.29, 0.717) is 19.1 Å². The maximum Gasteiger partial charge on any atom is 0.211 e. The van der Waals surface area contributed by atoms with E-state index in [1.165, 1.54) is 51.2 Å². The predicted octanol–water partition coefficient (Wildman–Crippen LogP) is 3.00. The molecule has 21 heavy (non-hydrogen) atoms. The van der Waals surface area contributed by atoms with Crippen LogP contribution < -0.4 is 5.32 Å². The molecule has 1 rings (SSSR count). The van der Waals surface area contributed by atoms with E-state index >= 15 is 0 Å². The zero-order valence-corrected chi connectivity index (χ0v) is 14.9. The van der Waals surface area contributed by atoms with Gasteiger partial charge in [-0.3, -0.25) is 0 Å². The molecule has 4 nitrogen and oxygen atoms in total. The minimum Gasteiger partial charge on any atom is -0.314 e. The van der Waals surface area contributed by atoms with Crippen molar-refractivity contribution in [2.75, 3.05) is 25.9 Å². The third-order valence-corrected chi connectivity index (χ3v) is 6.00. The van der Waals surface area contributed by atoms with Crippen molar-refractivity contribution < 1.29 is 8.42 Å². The molecule has 1 aliphatic rings. The highest BCUT2D eigenvalue weighted by Gasteiger charge is 2.18. The molecular formula is C16H34N2O2S. The molecule has 0 aromatic carbocycles. The summed E-state index contributed by atoms with van der Waals surface area (Å²) in [6.45, 7) is 6.30. The molecule has 0 amide bonds. The Labute approximate surface area is 131 Å². The monoisotopic (exact) mass is 318 g/mol. The van der Waals surface area contributed by atoms with Gasteiger partial charge in [0, 0.05) is 19.1 Å². The molecule has 126 valence electrons. The first-order valence-electron chi connectivity index (χ1n) is 8.65. The van der Waals surface area contributed by atoms with E-state index in [1.54, 1.807) is 4.31 Å². The van der Waals surface area contributed by atoms with E-state index in [-0.39, 0.29) is 0 Å². The van der Waals surface area contributed by atoms with E-state index in [2.05, 4.69) is 12.2 Å². The Morgan fingerprint density at radius 2 is 1.90 bits per heavy atom. The molecule has 0 aliphatic heterocycles. The Balaban J connectivity index is 2.21. The lowest BCUT2D eigenvalue weighted by molar-refractivity contribution is 0.391. The molecule has 1 fully saturated rings. The fourth-order valence-corrected chi connectivity index (χ4v) is 4.33. The van der Waals surface area contributed by atoms with Crippen LogP contribution in [0.4, 0.5) is 0 Å². The molecule has 2 atom stereocenters. The summed E-state index contributed by atoms with van der Waals surface area (Å²) in [5.74, 6) is 0.933. The summed E-state index contributed by atoms with van der Waals surface area (Å²) >= 11 is 0. The maximum absolute atomic E-state index is 11.5. The summed E-state index contributed by atoms with van der Waals surface area (Å²) in [6, 6.07) is 0.639. The molecule has 0 aromatic rings. The van der Waals surface area contributed by atoms with Crippen LogP contribution in [0.2, 0.25) is 0 Å². The third kappa shape index (κ3) is 7.61. The van der Waals surface area contributed by atoms with Gasteiger partial charge in [-0.15, -0.1) is 0 Å². The molecule has 1 aliphatic carbocycles. The second-order valence-electron chi connectivity index (χ2n) is 6.42. The Bertz CT molecular complexity index is 370.